The molecule has 0 aliphatic carbocycles. The van der Waals surface area contributed by atoms with Gasteiger partial charge in [0.15, 0.2) is 5.69 Å². The van der Waals surface area contributed by atoms with Crippen molar-refractivity contribution in [3.63, 3.8) is 0 Å². The number of phenols is 1. The van der Waals surface area contributed by atoms with E-state index in [2.05, 4.69) is 15.5 Å². The largest absolute Gasteiger partial charge is 0.506 e. The van der Waals surface area contributed by atoms with Crippen molar-refractivity contribution in [2.24, 2.45) is 0 Å². The third kappa shape index (κ3) is 3.21. The number of anilines is 1. The van der Waals surface area contributed by atoms with Crippen LogP contribution in [-0.2, 0) is 6.67 Å². The molecule has 1 amide bonds. The predicted octanol–water partition coefficient (Wildman–Crippen LogP) is 1.45. The van der Waals surface area contributed by atoms with E-state index < -0.39 is 16.6 Å². The molecule has 122 valence electrons. The van der Waals surface area contributed by atoms with Gasteiger partial charge in [0.1, 0.15) is 12.4 Å². The normalized spacial score (nSPS) is 10.5. The Balaban J connectivity index is 1.71. The number of carbonyl (C=O) groups excluding carboxylic acids is 1. The maximum Gasteiger partial charge on any atom is 0.276 e. The first-order chi connectivity index (χ1) is 11.5. The van der Waals surface area contributed by atoms with E-state index in [0.29, 0.717) is 6.67 Å². The van der Waals surface area contributed by atoms with Gasteiger partial charge in [-0.15, -0.1) is 0 Å². The fraction of sp³-hybridized carbons (Fsp3) is 0.0714. The molecule has 0 unspecified atom stereocenters. The van der Waals surface area contributed by atoms with Crippen molar-refractivity contribution < 1.29 is 14.8 Å². The number of aromatic nitrogens is 4. The van der Waals surface area contributed by atoms with Gasteiger partial charge in [-0.05, 0) is 18.2 Å². The minimum absolute atomic E-state index is 0.0622. The molecule has 0 saturated heterocycles. The van der Waals surface area contributed by atoms with Gasteiger partial charge in [0.05, 0.1) is 16.7 Å². The summed E-state index contributed by atoms with van der Waals surface area (Å²) in [5.74, 6) is -0.938. The molecule has 10 heteroatoms. The average molecular weight is 328 g/mol. The summed E-state index contributed by atoms with van der Waals surface area (Å²) in [6, 6.07) is 6.69. The Kier molecular flexibility index (Phi) is 3.93. The zero-order valence-corrected chi connectivity index (χ0v) is 12.2. The maximum absolute atomic E-state index is 12.1. The summed E-state index contributed by atoms with van der Waals surface area (Å²) in [6.07, 6.45) is 5.01. The zero-order chi connectivity index (χ0) is 17.1. The van der Waals surface area contributed by atoms with Crippen molar-refractivity contribution >= 4 is 17.3 Å². The summed E-state index contributed by atoms with van der Waals surface area (Å²) in [6.45, 7) is 0.350. The van der Waals surface area contributed by atoms with Crippen LogP contribution in [0, 0.1) is 10.1 Å². The fourth-order valence-electron chi connectivity index (χ4n) is 2.02. The minimum atomic E-state index is -0.637. The lowest BCUT2D eigenvalue weighted by atomic mass is 10.2. The van der Waals surface area contributed by atoms with Crippen molar-refractivity contribution in [2.75, 3.05) is 5.32 Å². The van der Waals surface area contributed by atoms with E-state index in [0.717, 1.165) is 6.07 Å². The highest BCUT2D eigenvalue weighted by Gasteiger charge is 2.15. The number of non-ortho nitro benzene ring substituents is 1. The van der Waals surface area contributed by atoms with Gasteiger partial charge in [0.2, 0.25) is 0 Å². The summed E-state index contributed by atoms with van der Waals surface area (Å²) < 4.78 is 3.16. The lowest BCUT2D eigenvalue weighted by Gasteiger charge is -2.05. The van der Waals surface area contributed by atoms with Crippen molar-refractivity contribution in [3.8, 4) is 5.75 Å². The average Bonchev–Trinajstić information content (AvgIpc) is 3.21. The van der Waals surface area contributed by atoms with Gasteiger partial charge in [-0.2, -0.15) is 10.2 Å². The minimum Gasteiger partial charge on any atom is -0.506 e. The molecule has 0 aliphatic heterocycles. The molecule has 2 heterocycles. The maximum atomic E-state index is 12.1. The lowest BCUT2D eigenvalue weighted by Crippen LogP contribution is -2.15. The van der Waals surface area contributed by atoms with E-state index in [4.69, 9.17) is 0 Å². The summed E-state index contributed by atoms with van der Waals surface area (Å²) in [5.41, 5.74) is -0.0684. The second kappa shape index (κ2) is 6.20. The van der Waals surface area contributed by atoms with Crippen LogP contribution in [0.15, 0.2) is 48.9 Å². The highest BCUT2D eigenvalue weighted by Crippen LogP contribution is 2.28. The molecular weight excluding hydrogens is 316 g/mol. The van der Waals surface area contributed by atoms with Crippen LogP contribution in [0.25, 0.3) is 0 Å². The zero-order valence-electron chi connectivity index (χ0n) is 12.2. The molecule has 0 bridgehead atoms. The van der Waals surface area contributed by atoms with Gasteiger partial charge >= 0.3 is 0 Å². The highest BCUT2D eigenvalue weighted by atomic mass is 16.6. The monoisotopic (exact) mass is 328 g/mol. The quantitative estimate of drug-likeness (QED) is 0.414. The smallest absolute Gasteiger partial charge is 0.276 e. The summed E-state index contributed by atoms with van der Waals surface area (Å²) in [4.78, 5) is 22.1. The lowest BCUT2D eigenvalue weighted by molar-refractivity contribution is -0.384. The van der Waals surface area contributed by atoms with Gasteiger partial charge in [-0.1, -0.05) is 0 Å². The molecule has 10 nitrogen and oxygen atoms in total. The number of nitro groups is 1. The molecule has 2 aromatic heterocycles. The Hall–Kier alpha value is -3.69. The van der Waals surface area contributed by atoms with Crippen molar-refractivity contribution in [2.45, 2.75) is 6.67 Å². The van der Waals surface area contributed by atoms with E-state index in [1.807, 2.05) is 0 Å². The molecular formula is C14H12N6O4. The molecule has 24 heavy (non-hydrogen) atoms. The van der Waals surface area contributed by atoms with Crippen LogP contribution >= 0.6 is 0 Å². The Morgan fingerprint density at radius 1 is 1.29 bits per heavy atom. The first-order valence-corrected chi connectivity index (χ1v) is 6.82. The third-order valence-electron chi connectivity index (χ3n) is 3.16. The standard InChI is InChI=1S/C14H12N6O4/c21-13-8-10(20(23)24)2-3-11(13)16-14(22)12-4-7-19(17-12)9-18-6-1-5-15-18/h1-8,21H,9H2,(H,16,22). The molecule has 0 saturated carbocycles. The Labute approximate surface area is 135 Å². The second-order valence-electron chi connectivity index (χ2n) is 4.84. The Morgan fingerprint density at radius 3 is 2.79 bits per heavy atom. The second-order valence-corrected chi connectivity index (χ2v) is 4.84. The van der Waals surface area contributed by atoms with Gasteiger partial charge in [0, 0.05) is 24.7 Å². The summed E-state index contributed by atoms with van der Waals surface area (Å²) in [5, 5.41) is 31.0. The van der Waals surface area contributed by atoms with Crippen molar-refractivity contribution in [1.29, 1.82) is 0 Å². The molecule has 0 aliphatic rings. The topological polar surface area (TPSA) is 128 Å². The van der Waals surface area contributed by atoms with E-state index in [1.54, 1.807) is 29.3 Å². The third-order valence-corrected chi connectivity index (χ3v) is 3.16. The fourth-order valence-corrected chi connectivity index (χ4v) is 2.02. The Morgan fingerprint density at radius 2 is 2.12 bits per heavy atom. The number of hydrogen-bond acceptors (Lipinski definition) is 6. The van der Waals surface area contributed by atoms with E-state index >= 15 is 0 Å². The van der Waals surface area contributed by atoms with E-state index in [9.17, 15) is 20.0 Å². The molecule has 3 rings (SSSR count). The number of nitrogens with zero attached hydrogens (tertiary/aromatic N) is 5. The Bertz CT molecular complexity index is 887. The molecule has 2 N–H and O–H groups in total. The van der Waals surface area contributed by atoms with Crippen LogP contribution < -0.4 is 5.32 Å². The summed E-state index contributed by atoms with van der Waals surface area (Å²) >= 11 is 0. The first-order valence-electron chi connectivity index (χ1n) is 6.82. The van der Waals surface area contributed by atoms with Crippen LogP contribution in [0.1, 0.15) is 10.5 Å². The van der Waals surface area contributed by atoms with E-state index in [-0.39, 0.29) is 17.1 Å². The number of benzene rings is 1. The van der Waals surface area contributed by atoms with Crippen LogP contribution in [0.4, 0.5) is 11.4 Å². The number of carbonyl (C=O) groups is 1. The molecule has 0 radical (unpaired) electrons. The van der Waals surface area contributed by atoms with Crippen LogP contribution in [0.5, 0.6) is 5.75 Å². The number of aromatic hydroxyl groups is 1. The predicted molar refractivity (Wildman–Crippen MR) is 82.6 cm³/mol. The van der Waals surface area contributed by atoms with Crippen LogP contribution in [0.3, 0.4) is 0 Å². The molecule has 3 aromatic rings. The SMILES string of the molecule is O=C(Nc1ccc([N+](=O)[O-])cc1O)c1ccn(Cn2cccn2)n1. The number of rotatable bonds is 5. The molecule has 0 spiro atoms. The van der Waals surface area contributed by atoms with Gasteiger partial charge in [-0.25, -0.2) is 0 Å². The van der Waals surface area contributed by atoms with Gasteiger partial charge in [0.25, 0.3) is 11.6 Å². The van der Waals surface area contributed by atoms with Crippen LogP contribution in [-0.4, -0.2) is 35.5 Å². The van der Waals surface area contributed by atoms with Crippen LogP contribution in [0.2, 0.25) is 0 Å². The van der Waals surface area contributed by atoms with Gasteiger partial charge in [-0.3, -0.25) is 24.3 Å². The molecule has 0 atom stereocenters. The van der Waals surface area contributed by atoms with Crippen molar-refractivity contribution in [3.05, 3.63) is 64.7 Å². The summed E-state index contributed by atoms with van der Waals surface area (Å²) in [7, 11) is 0. The number of nitrogens with one attached hydrogen (secondary N) is 1. The number of amides is 1. The van der Waals surface area contributed by atoms with Gasteiger partial charge < -0.3 is 10.4 Å². The highest BCUT2D eigenvalue weighted by molar-refractivity contribution is 6.03. The molecule has 0 fully saturated rings. The number of phenolic OH excluding ortho intramolecular Hbond substituents is 1. The number of hydrogen-bond donors (Lipinski definition) is 2. The molecule has 1 aromatic carbocycles. The van der Waals surface area contributed by atoms with E-state index in [1.165, 1.54) is 22.9 Å². The van der Waals surface area contributed by atoms with Crippen molar-refractivity contribution in [1.82, 2.24) is 19.6 Å². The first kappa shape index (κ1) is 15.2. The number of nitro benzene ring substituents is 1.